The van der Waals surface area contributed by atoms with Crippen LogP contribution in [0.1, 0.15) is 16.7 Å². The van der Waals surface area contributed by atoms with E-state index >= 15 is 0 Å². The molecule has 112 valence electrons. The molecule has 0 aliphatic heterocycles. The van der Waals surface area contributed by atoms with Gasteiger partial charge in [-0.05, 0) is 29.7 Å². The van der Waals surface area contributed by atoms with Crippen LogP contribution in [-0.4, -0.2) is 19.6 Å². The fourth-order valence-electron chi connectivity index (χ4n) is 2.07. The molecule has 0 saturated heterocycles. The number of hydrogen-bond donors (Lipinski definition) is 2. The number of guanidine groups is 1. The van der Waals surface area contributed by atoms with Crippen LogP contribution in [0.25, 0.3) is 0 Å². The first-order valence-electron chi connectivity index (χ1n) is 7.29. The lowest BCUT2D eigenvalue weighted by atomic mass is 10.1. The van der Waals surface area contributed by atoms with Gasteiger partial charge in [-0.15, -0.1) is 0 Å². The molecule has 0 aliphatic rings. The topological polar surface area (TPSA) is 60.2 Å². The molecule has 0 radical (unpaired) electrons. The van der Waals surface area contributed by atoms with Crippen molar-refractivity contribution < 1.29 is 0 Å². The summed E-state index contributed by atoms with van der Waals surface area (Å²) in [5.74, 6) is 0.778. The van der Waals surface area contributed by atoms with E-state index in [1.165, 1.54) is 5.56 Å². The first kappa shape index (κ1) is 15.6. The summed E-state index contributed by atoms with van der Waals surface area (Å²) in [5.41, 5.74) is 3.09. The van der Waals surface area contributed by atoms with E-state index in [4.69, 9.17) is 5.26 Å². The van der Waals surface area contributed by atoms with Crippen molar-refractivity contribution in [3.05, 3.63) is 71.3 Å². The monoisotopic (exact) mass is 292 g/mol. The van der Waals surface area contributed by atoms with Crippen LogP contribution in [0, 0.1) is 11.3 Å². The van der Waals surface area contributed by atoms with Crippen LogP contribution < -0.4 is 10.6 Å². The Morgan fingerprint density at radius 2 is 1.73 bits per heavy atom. The highest BCUT2D eigenvalue weighted by molar-refractivity contribution is 5.79. The zero-order valence-electron chi connectivity index (χ0n) is 12.7. The standard InChI is InChI=1S/C18H20N4/c1-20-18(21-12-11-15-5-3-2-4-6-15)22-14-17-9-7-16(13-19)8-10-17/h2-10H,11-12,14H2,1H3,(H2,20,21,22). The molecule has 0 saturated carbocycles. The molecule has 0 bridgehead atoms. The molecule has 22 heavy (non-hydrogen) atoms. The Balaban J connectivity index is 1.76. The molecule has 4 heteroatoms. The lowest BCUT2D eigenvalue weighted by Gasteiger charge is -2.12. The molecule has 2 N–H and O–H groups in total. The van der Waals surface area contributed by atoms with Gasteiger partial charge in [-0.1, -0.05) is 42.5 Å². The first-order valence-corrected chi connectivity index (χ1v) is 7.29. The molecule has 0 heterocycles. The van der Waals surface area contributed by atoms with Crippen molar-refractivity contribution in [1.82, 2.24) is 10.6 Å². The van der Waals surface area contributed by atoms with Gasteiger partial charge >= 0.3 is 0 Å². The SMILES string of the molecule is CN=C(NCCc1ccccc1)NCc1ccc(C#N)cc1. The third-order valence-electron chi connectivity index (χ3n) is 3.32. The number of benzene rings is 2. The van der Waals surface area contributed by atoms with Crippen LogP contribution in [-0.2, 0) is 13.0 Å². The van der Waals surface area contributed by atoms with Gasteiger partial charge in [-0.2, -0.15) is 5.26 Å². The van der Waals surface area contributed by atoms with E-state index in [9.17, 15) is 0 Å². The Morgan fingerprint density at radius 1 is 1.00 bits per heavy atom. The van der Waals surface area contributed by atoms with Crippen LogP contribution in [0.15, 0.2) is 59.6 Å². The number of hydrogen-bond acceptors (Lipinski definition) is 2. The molecule has 2 rings (SSSR count). The lowest BCUT2D eigenvalue weighted by Crippen LogP contribution is -2.37. The van der Waals surface area contributed by atoms with Gasteiger partial charge in [0.05, 0.1) is 11.6 Å². The van der Waals surface area contributed by atoms with Gasteiger partial charge in [-0.3, -0.25) is 4.99 Å². The van der Waals surface area contributed by atoms with Crippen LogP contribution in [0.2, 0.25) is 0 Å². The molecule has 0 atom stereocenters. The number of nitrogens with zero attached hydrogens (tertiary/aromatic N) is 2. The van der Waals surface area contributed by atoms with E-state index in [1.807, 2.05) is 42.5 Å². The molecule has 0 aliphatic carbocycles. The Labute approximate surface area is 131 Å². The maximum Gasteiger partial charge on any atom is 0.191 e. The first-order chi connectivity index (χ1) is 10.8. The predicted octanol–water partition coefficient (Wildman–Crippen LogP) is 2.47. The van der Waals surface area contributed by atoms with Crippen molar-refractivity contribution in [2.45, 2.75) is 13.0 Å². The van der Waals surface area contributed by atoms with E-state index < -0.39 is 0 Å². The minimum Gasteiger partial charge on any atom is -0.356 e. The van der Waals surface area contributed by atoms with E-state index in [1.54, 1.807) is 7.05 Å². The average molecular weight is 292 g/mol. The number of nitriles is 1. The summed E-state index contributed by atoms with van der Waals surface area (Å²) in [5, 5.41) is 15.3. The second kappa shape index (κ2) is 8.48. The van der Waals surface area contributed by atoms with Crippen molar-refractivity contribution in [2.75, 3.05) is 13.6 Å². The summed E-state index contributed by atoms with van der Waals surface area (Å²) in [4.78, 5) is 4.21. The average Bonchev–Trinajstić information content (AvgIpc) is 2.59. The molecule has 2 aromatic rings. The van der Waals surface area contributed by atoms with Crippen molar-refractivity contribution in [2.24, 2.45) is 4.99 Å². The number of aliphatic imine (C=N–C) groups is 1. The molecule has 2 aromatic carbocycles. The third kappa shape index (κ3) is 4.95. The molecular formula is C18H20N4. The van der Waals surface area contributed by atoms with E-state index in [0.29, 0.717) is 12.1 Å². The Hall–Kier alpha value is -2.80. The molecule has 4 nitrogen and oxygen atoms in total. The van der Waals surface area contributed by atoms with Crippen LogP contribution in [0.5, 0.6) is 0 Å². The maximum atomic E-state index is 8.78. The molecule has 0 aromatic heterocycles. The number of rotatable bonds is 5. The minimum absolute atomic E-state index is 0.675. The summed E-state index contributed by atoms with van der Waals surface area (Å²) in [6, 6.07) is 20.0. The van der Waals surface area contributed by atoms with Gasteiger partial charge in [-0.25, -0.2) is 0 Å². The van der Waals surface area contributed by atoms with Crippen LogP contribution in [0.3, 0.4) is 0 Å². The fraction of sp³-hybridized carbons (Fsp3) is 0.222. The van der Waals surface area contributed by atoms with Gasteiger partial charge in [0.25, 0.3) is 0 Å². The van der Waals surface area contributed by atoms with Gasteiger partial charge in [0.2, 0.25) is 0 Å². The lowest BCUT2D eigenvalue weighted by molar-refractivity contribution is 0.794. The maximum absolute atomic E-state index is 8.78. The van der Waals surface area contributed by atoms with E-state index in [0.717, 1.165) is 24.5 Å². The molecule has 0 spiro atoms. The van der Waals surface area contributed by atoms with Crippen molar-refractivity contribution in [1.29, 1.82) is 5.26 Å². The normalized spacial score (nSPS) is 10.8. The fourth-order valence-corrected chi connectivity index (χ4v) is 2.07. The molecule has 0 unspecified atom stereocenters. The van der Waals surface area contributed by atoms with Crippen LogP contribution in [0.4, 0.5) is 0 Å². The van der Waals surface area contributed by atoms with Crippen molar-refractivity contribution in [3.8, 4) is 6.07 Å². The Bertz CT molecular complexity index is 639. The molecule has 0 amide bonds. The summed E-state index contributed by atoms with van der Waals surface area (Å²) in [7, 11) is 1.76. The minimum atomic E-state index is 0.675. The zero-order valence-corrected chi connectivity index (χ0v) is 12.7. The van der Waals surface area contributed by atoms with E-state index in [-0.39, 0.29) is 0 Å². The highest BCUT2D eigenvalue weighted by Gasteiger charge is 1.99. The summed E-state index contributed by atoms with van der Waals surface area (Å²) < 4.78 is 0. The second-order valence-corrected chi connectivity index (χ2v) is 4.90. The molecule has 0 fully saturated rings. The highest BCUT2D eigenvalue weighted by atomic mass is 15.2. The van der Waals surface area contributed by atoms with Gasteiger partial charge in [0, 0.05) is 20.1 Å². The van der Waals surface area contributed by atoms with Gasteiger partial charge in [0.1, 0.15) is 0 Å². The predicted molar refractivity (Wildman–Crippen MR) is 89.5 cm³/mol. The Morgan fingerprint density at radius 3 is 2.36 bits per heavy atom. The third-order valence-corrected chi connectivity index (χ3v) is 3.32. The van der Waals surface area contributed by atoms with E-state index in [2.05, 4.69) is 33.8 Å². The zero-order chi connectivity index (χ0) is 15.6. The summed E-state index contributed by atoms with van der Waals surface area (Å²) >= 11 is 0. The van der Waals surface area contributed by atoms with Crippen LogP contribution >= 0.6 is 0 Å². The van der Waals surface area contributed by atoms with Crippen molar-refractivity contribution in [3.63, 3.8) is 0 Å². The second-order valence-electron chi connectivity index (χ2n) is 4.90. The van der Waals surface area contributed by atoms with Gasteiger partial charge < -0.3 is 10.6 Å². The largest absolute Gasteiger partial charge is 0.356 e. The highest BCUT2D eigenvalue weighted by Crippen LogP contribution is 2.02. The Kier molecular flexibility index (Phi) is 6.01. The summed E-state index contributed by atoms with van der Waals surface area (Å²) in [6.07, 6.45) is 0.957. The smallest absolute Gasteiger partial charge is 0.191 e. The quantitative estimate of drug-likeness (QED) is 0.657. The van der Waals surface area contributed by atoms with Crippen molar-refractivity contribution >= 4 is 5.96 Å². The molecular weight excluding hydrogens is 272 g/mol. The summed E-state index contributed by atoms with van der Waals surface area (Å²) in [6.45, 7) is 1.51. The van der Waals surface area contributed by atoms with Gasteiger partial charge in [0.15, 0.2) is 5.96 Å². The number of nitrogens with one attached hydrogen (secondary N) is 2.